The molecule has 1 aliphatic carbocycles. The first-order chi connectivity index (χ1) is 9.81. The van der Waals surface area contributed by atoms with Gasteiger partial charge in [0.05, 0.1) is 12.8 Å². The van der Waals surface area contributed by atoms with Crippen LogP contribution in [0.25, 0.3) is 0 Å². The monoisotopic (exact) mass is 273 g/mol. The molecule has 1 fully saturated rings. The summed E-state index contributed by atoms with van der Waals surface area (Å²) in [7, 11) is 0. The van der Waals surface area contributed by atoms with Crippen molar-refractivity contribution in [1.82, 2.24) is 4.90 Å². The average molecular weight is 273 g/mol. The van der Waals surface area contributed by atoms with Gasteiger partial charge >= 0.3 is 0 Å². The summed E-state index contributed by atoms with van der Waals surface area (Å²) in [6, 6.07) is 11.4. The Balaban J connectivity index is 1.74. The summed E-state index contributed by atoms with van der Waals surface area (Å²) in [6.07, 6.45) is 6.77. The van der Waals surface area contributed by atoms with Crippen LogP contribution < -0.4 is 0 Å². The first-order valence-electron chi connectivity index (χ1n) is 7.32. The van der Waals surface area contributed by atoms with Crippen molar-refractivity contribution in [2.24, 2.45) is 0 Å². The molecule has 0 unspecified atom stereocenters. The number of nitrogens with zero attached hydrogens (tertiary/aromatic N) is 1. The van der Waals surface area contributed by atoms with E-state index in [1.165, 1.54) is 31.7 Å². The fraction of sp³-hybridized carbons (Fsp3) is 0.412. The standard InChI is InChI=1S/C17H20FNO/c18-15-6-3-5-14(11-15)12-19(16-7-1-2-8-16)13-17-9-4-10-20-17/h3-6,9-11,16H,1-2,7-8,12-13H2. The fourth-order valence-corrected chi connectivity index (χ4v) is 3.06. The molecule has 0 N–H and O–H groups in total. The molecule has 0 spiro atoms. The van der Waals surface area contributed by atoms with E-state index in [1.54, 1.807) is 18.4 Å². The van der Waals surface area contributed by atoms with Crippen LogP contribution in [0.3, 0.4) is 0 Å². The van der Waals surface area contributed by atoms with E-state index < -0.39 is 0 Å². The molecule has 20 heavy (non-hydrogen) atoms. The van der Waals surface area contributed by atoms with E-state index in [2.05, 4.69) is 4.90 Å². The molecule has 3 rings (SSSR count). The minimum Gasteiger partial charge on any atom is -0.468 e. The number of benzene rings is 1. The number of halogens is 1. The van der Waals surface area contributed by atoms with Crippen molar-refractivity contribution in [2.75, 3.05) is 0 Å². The maximum Gasteiger partial charge on any atom is 0.123 e. The first-order valence-corrected chi connectivity index (χ1v) is 7.32. The van der Waals surface area contributed by atoms with E-state index >= 15 is 0 Å². The number of hydrogen-bond donors (Lipinski definition) is 0. The van der Waals surface area contributed by atoms with Gasteiger partial charge in [-0.25, -0.2) is 4.39 Å². The normalized spacial score (nSPS) is 16.1. The zero-order chi connectivity index (χ0) is 13.8. The Morgan fingerprint density at radius 1 is 1.10 bits per heavy atom. The molecular formula is C17H20FNO. The van der Waals surface area contributed by atoms with Crippen molar-refractivity contribution in [1.29, 1.82) is 0 Å². The molecule has 1 aromatic carbocycles. The summed E-state index contributed by atoms with van der Waals surface area (Å²) < 4.78 is 18.8. The SMILES string of the molecule is Fc1cccc(CN(Cc2ccco2)C2CCCC2)c1. The van der Waals surface area contributed by atoms with Crippen molar-refractivity contribution in [3.8, 4) is 0 Å². The molecule has 3 heteroatoms. The molecule has 1 saturated carbocycles. The molecule has 0 radical (unpaired) electrons. The second-order valence-corrected chi connectivity index (χ2v) is 5.55. The highest BCUT2D eigenvalue weighted by Gasteiger charge is 2.23. The molecule has 1 heterocycles. The van der Waals surface area contributed by atoms with E-state index in [-0.39, 0.29) is 5.82 Å². The van der Waals surface area contributed by atoms with E-state index in [0.29, 0.717) is 6.04 Å². The highest BCUT2D eigenvalue weighted by molar-refractivity contribution is 5.16. The topological polar surface area (TPSA) is 16.4 Å². The molecule has 1 aliphatic rings. The van der Waals surface area contributed by atoms with Crippen LogP contribution in [-0.4, -0.2) is 10.9 Å². The van der Waals surface area contributed by atoms with Gasteiger partial charge in [-0.1, -0.05) is 25.0 Å². The van der Waals surface area contributed by atoms with Crippen LogP contribution in [0.2, 0.25) is 0 Å². The molecule has 0 saturated heterocycles. The minimum absolute atomic E-state index is 0.160. The molecular weight excluding hydrogens is 253 g/mol. The predicted molar refractivity (Wildman–Crippen MR) is 76.6 cm³/mol. The van der Waals surface area contributed by atoms with Gasteiger partial charge in [0.25, 0.3) is 0 Å². The Morgan fingerprint density at radius 3 is 2.65 bits per heavy atom. The van der Waals surface area contributed by atoms with Gasteiger partial charge in [-0.3, -0.25) is 4.90 Å². The lowest BCUT2D eigenvalue weighted by Gasteiger charge is -2.28. The Kier molecular flexibility index (Phi) is 4.16. The summed E-state index contributed by atoms with van der Waals surface area (Å²) in [5.41, 5.74) is 1.03. The lowest BCUT2D eigenvalue weighted by atomic mass is 10.1. The second-order valence-electron chi connectivity index (χ2n) is 5.55. The third-order valence-electron chi connectivity index (χ3n) is 4.05. The van der Waals surface area contributed by atoms with E-state index in [9.17, 15) is 4.39 Å². The molecule has 106 valence electrons. The van der Waals surface area contributed by atoms with Crippen LogP contribution in [0, 0.1) is 5.82 Å². The first kappa shape index (κ1) is 13.4. The van der Waals surface area contributed by atoms with Crippen molar-refractivity contribution in [3.05, 3.63) is 59.8 Å². The van der Waals surface area contributed by atoms with Gasteiger partial charge < -0.3 is 4.42 Å². The summed E-state index contributed by atoms with van der Waals surface area (Å²) in [5, 5.41) is 0. The van der Waals surface area contributed by atoms with E-state index in [4.69, 9.17) is 4.42 Å². The molecule has 0 bridgehead atoms. The summed E-state index contributed by atoms with van der Waals surface area (Å²) in [5.74, 6) is 0.820. The van der Waals surface area contributed by atoms with Crippen molar-refractivity contribution in [2.45, 2.75) is 44.8 Å². The molecule has 2 aromatic rings. The van der Waals surface area contributed by atoms with Crippen molar-refractivity contribution < 1.29 is 8.81 Å². The predicted octanol–water partition coefficient (Wildman–Crippen LogP) is 4.36. The Bertz CT molecular complexity index is 532. The molecule has 0 atom stereocenters. The van der Waals surface area contributed by atoms with Crippen LogP contribution in [0.15, 0.2) is 47.1 Å². The molecule has 0 aliphatic heterocycles. The van der Waals surface area contributed by atoms with Crippen LogP contribution in [0.4, 0.5) is 4.39 Å². The fourth-order valence-electron chi connectivity index (χ4n) is 3.06. The molecule has 1 aromatic heterocycles. The highest BCUT2D eigenvalue weighted by atomic mass is 19.1. The second kappa shape index (κ2) is 6.23. The summed E-state index contributed by atoms with van der Waals surface area (Å²) in [6.45, 7) is 1.58. The van der Waals surface area contributed by atoms with Gasteiger partial charge in [-0.05, 0) is 42.7 Å². The van der Waals surface area contributed by atoms with Gasteiger partial charge in [-0.2, -0.15) is 0 Å². The summed E-state index contributed by atoms with van der Waals surface area (Å²) >= 11 is 0. The van der Waals surface area contributed by atoms with Crippen molar-refractivity contribution >= 4 is 0 Å². The lowest BCUT2D eigenvalue weighted by molar-refractivity contribution is 0.167. The smallest absolute Gasteiger partial charge is 0.123 e. The van der Waals surface area contributed by atoms with Crippen molar-refractivity contribution in [3.63, 3.8) is 0 Å². The van der Waals surface area contributed by atoms with E-state index in [0.717, 1.165) is 24.4 Å². The van der Waals surface area contributed by atoms with Gasteiger partial charge in [0.15, 0.2) is 0 Å². The Labute approximate surface area is 119 Å². The quantitative estimate of drug-likeness (QED) is 0.804. The third kappa shape index (κ3) is 3.28. The maximum absolute atomic E-state index is 13.3. The molecule has 2 nitrogen and oxygen atoms in total. The lowest BCUT2D eigenvalue weighted by Crippen LogP contribution is -2.32. The van der Waals surface area contributed by atoms with Crippen LogP contribution in [0.5, 0.6) is 0 Å². The van der Waals surface area contributed by atoms with Crippen LogP contribution in [-0.2, 0) is 13.1 Å². The number of furan rings is 1. The number of hydrogen-bond acceptors (Lipinski definition) is 2. The summed E-state index contributed by atoms with van der Waals surface area (Å²) in [4.78, 5) is 2.42. The minimum atomic E-state index is -0.160. The van der Waals surface area contributed by atoms with Gasteiger partial charge in [0.1, 0.15) is 11.6 Å². The van der Waals surface area contributed by atoms with Gasteiger partial charge in [0, 0.05) is 12.6 Å². The zero-order valence-corrected chi connectivity index (χ0v) is 11.6. The average Bonchev–Trinajstić information content (AvgIpc) is 3.11. The highest BCUT2D eigenvalue weighted by Crippen LogP contribution is 2.26. The van der Waals surface area contributed by atoms with E-state index in [1.807, 2.05) is 18.2 Å². The van der Waals surface area contributed by atoms with Gasteiger partial charge in [-0.15, -0.1) is 0 Å². The Morgan fingerprint density at radius 2 is 1.95 bits per heavy atom. The third-order valence-corrected chi connectivity index (χ3v) is 4.05. The van der Waals surface area contributed by atoms with Crippen LogP contribution in [0.1, 0.15) is 37.0 Å². The molecule has 0 amide bonds. The Hall–Kier alpha value is -1.61. The number of rotatable bonds is 5. The van der Waals surface area contributed by atoms with Gasteiger partial charge in [0.2, 0.25) is 0 Å². The maximum atomic E-state index is 13.3. The largest absolute Gasteiger partial charge is 0.468 e. The van der Waals surface area contributed by atoms with Crippen LogP contribution >= 0.6 is 0 Å². The zero-order valence-electron chi connectivity index (χ0n) is 11.6.